The van der Waals surface area contributed by atoms with Crippen LogP contribution in [0.15, 0.2) is 35.1 Å². The zero-order valence-corrected chi connectivity index (χ0v) is 13.1. The number of rotatable bonds is 4. The second kappa shape index (κ2) is 6.22. The van der Waals surface area contributed by atoms with Gasteiger partial charge in [0, 0.05) is 12.6 Å². The highest BCUT2D eigenvalue weighted by Crippen LogP contribution is 2.20. The average Bonchev–Trinajstić information content (AvgIpc) is 2.49. The predicted octanol–water partition coefficient (Wildman–Crippen LogP) is 2.51. The van der Waals surface area contributed by atoms with Crippen molar-refractivity contribution < 1.29 is 0 Å². The van der Waals surface area contributed by atoms with Crippen LogP contribution in [-0.2, 0) is 13.5 Å². The van der Waals surface area contributed by atoms with E-state index in [1.165, 1.54) is 10.2 Å². The van der Waals surface area contributed by atoms with E-state index in [1.54, 1.807) is 7.05 Å². The Morgan fingerprint density at radius 2 is 1.86 bits per heavy atom. The van der Waals surface area contributed by atoms with E-state index in [-0.39, 0.29) is 11.5 Å². The molecule has 112 valence electrons. The molecule has 1 aromatic carbocycles. The molecule has 0 saturated heterocycles. The molecule has 0 bridgehead atoms. The molecular formula is C17H23N3O. The van der Waals surface area contributed by atoms with Crippen LogP contribution >= 0.6 is 0 Å². The molecule has 0 saturated carbocycles. The number of benzene rings is 1. The summed E-state index contributed by atoms with van der Waals surface area (Å²) >= 11 is 0. The number of hydrogen-bond acceptors (Lipinski definition) is 3. The van der Waals surface area contributed by atoms with Crippen molar-refractivity contribution in [3.05, 3.63) is 63.1 Å². The minimum Gasteiger partial charge on any atom is -0.320 e. The van der Waals surface area contributed by atoms with E-state index in [0.717, 1.165) is 17.7 Å². The highest BCUT2D eigenvalue weighted by molar-refractivity contribution is 5.33. The molecule has 0 amide bonds. The van der Waals surface area contributed by atoms with Crippen molar-refractivity contribution in [1.29, 1.82) is 0 Å². The van der Waals surface area contributed by atoms with Crippen molar-refractivity contribution in [3.8, 4) is 0 Å². The normalized spacial score (nSPS) is 12.7. The third kappa shape index (κ3) is 3.22. The van der Waals surface area contributed by atoms with Crippen molar-refractivity contribution in [2.24, 2.45) is 12.8 Å². The molecule has 2 N–H and O–H groups in total. The van der Waals surface area contributed by atoms with Gasteiger partial charge in [0.05, 0.1) is 11.7 Å². The van der Waals surface area contributed by atoms with Crippen LogP contribution in [0.2, 0.25) is 0 Å². The molecule has 4 nitrogen and oxygen atoms in total. The van der Waals surface area contributed by atoms with Crippen LogP contribution in [0.25, 0.3) is 0 Å². The van der Waals surface area contributed by atoms with Gasteiger partial charge in [0.25, 0.3) is 5.56 Å². The molecule has 4 heteroatoms. The zero-order valence-electron chi connectivity index (χ0n) is 13.1. The lowest BCUT2D eigenvalue weighted by molar-refractivity contribution is 0.633. The molecule has 1 heterocycles. The highest BCUT2D eigenvalue weighted by atomic mass is 16.1. The van der Waals surface area contributed by atoms with E-state index in [4.69, 9.17) is 5.73 Å². The van der Waals surface area contributed by atoms with Crippen molar-refractivity contribution in [3.63, 3.8) is 0 Å². The first kappa shape index (κ1) is 15.4. The molecule has 0 fully saturated rings. The molecule has 1 atom stereocenters. The SMILES string of the molecule is CCc1ccc(C(N)c2cc(C(C)C)nn(C)c2=O)cc1. The van der Waals surface area contributed by atoms with E-state index in [2.05, 4.69) is 38.0 Å². The lowest BCUT2D eigenvalue weighted by atomic mass is 9.97. The van der Waals surface area contributed by atoms with Gasteiger partial charge in [-0.05, 0) is 29.5 Å². The Balaban J connectivity index is 2.46. The molecule has 0 aliphatic rings. The molecule has 1 unspecified atom stereocenters. The molecule has 2 aromatic rings. The van der Waals surface area contributed by atoms with Gasteiger partial charge in [-0.1, -0.05) is 45.0 Å². The Bertz CT molecular complexity index is 671. The smallest absolute Gasteiger partial charge is 0.271 e. The predicted molar refractivity (Wildman–Crippen MR) is 85.4 cm³/mol. The van der Waals surface area contributed by atoms with Crippen LogP contribution in [0.3, 0.4) is 0 Å². The maximum atomic E-state index is 12.3. The first-order chi connectivity index (χ1) is 9.93. The van der Waals surface area contributed by atoms with Gasteiger partial charge in [-0.2, -0.15) is 5.10 Å². The second-order valence-electron chi connectivity index (χ2n) is 5.68. The quantitative estimate of drug-likeness (QED) is 0.939. The largest absolute Gasteiger partial charge is 0.320 e. The maximum Gasteiger partial charge on any atom is 0.271 e. The van der Waals surface area contributed by atoms with Gasteiger partial charge in [0.1, 0.15) is 0 Å². The summed E-state index contributed by atoms with van der Waals surface area (Å²) in [6, 6.07) is 9.53. The van der Waals surface area contributed by atoms with Crippen LogP contribution in [0, 0.1) is 0 Å². The molecule has 0 aliphatic heterocycles. The summed E-state index contributed by atoms with van der Waals surface area (Å²) in [6.07, 6.45) is 0.990. The Hall–Kier alpha value is -1.94. The molecule has 1 aromatic heterocycles. The fourth-order valence-corrected chi connectivity index (χ4v) is 2.30. The van der Waals surface area contributed by atoms with Crippen LogP contribution in [0.4, 0.5) is 0 Å². The molecular weight excluding hydrogens is 262 g/mol. The Labute approximate surface area is 125 Å². The monoisotopic (exact) mass is 285 g/mol. The molecule has 21 heavy (non-hydrogen) atoms. The van der Waals surface area contributed by atoms with Gasteiger partial charge >= 0.3 is 0 Å². The first-order valence-electron chi connectivity index (χ1n) is 7.36. The van der Waals surface area contributed by atoms with Gasteiger partial charge in [-0.3, -0.25) is 4.79 Å². The summed E-state index contributed by atoms with van der Waals surface area (Å²) in [5.41, 5.74) is 9.86. The summed E-state index contributed by atoms with van der Waals surface area (Å²) in [6.45, 7) is 6.22. The average molecular weight is 285 g/mol. The van der Waals surface area contributed by atoms with Crippen LogP contribution in [0.1, 0.15) is 55.1 Å². The minimum atomic E-state index is -0.421. The van der Waals surface area contributed by atoms with E-state index < -0.39 is 6.04 Å². The molecule has 0 radical (unpaired) electrons. The van der Waals surface area contributed by atoms with Gasteiger partial charge in [-0.25, -0.2) is 4.68 Å². The summed E-state index contributed by atoms with van der Waals surface area (Å²) in [4.78, 5) is 12.3. The second-order valence-corrected chi connectivity index (χ2v) is 5.68. The van der Waals surface area contributed by atoms with Crippen molar-refractivity contribution >= 4 is 0 Å². The number of nitrogens with two attached hydrogens (primary N) is 1. The summed E-state index contributed by atoms with van der Waals surface area (Å²) in [5.74, 6) is 0.255. The van der Waals surface area contributed by atoms with Gasteiger partial charge in [-0.15, -0.1) is 0 Å². The number of aryl methyl sites for hydroxylation is 2. The van der Waals surface area contributed by atoms with Crippen LogP contribution in [-0.4, -0.2) is 9.78 Å². The van der Waals surface area contributed by atoms with Crippen molar-refractivity contribution in [1.82, 2.24) is 9.78 Å². The summed E-state index contributed by atoms with van der Waals surface area (Å²) in [5, 5.41) is 4.28. The Kier molecular flexibility index (Phi) is 4.58. The number of aromatic nitrogens is 2. The molecule has 2 rings (SSSR count). The van der Waals surface area contributed by atoms with Crippen LogP contribution in [0.5, 0.6) is 0 Å². The van der Waals surface area contributed by atoms with E-state index in [0.29, 0.717) is 5.56 Å². The van der Waals surface area contributed by atoms with Gasteiger partial charge in [0.15, 0.2) is 0 Å². The maximum absolute atomic E-state index is 12.3. The van der Waals surface area contributed by atoms with Crippen molar-refractivity contribution in [2.75, 3.05) is 0 Å². The lowest BCUT2D eigenvalue weighted by Crippen LogP contribution is -2.30. The van der Waals surface area contributed by atoms with Crippen LogP contribution < -0.4 is 11.3 Å². The number of hydrogen-bond donors (Lipinski definition) is 1. The summed E-state index contributed by atoms with van der Waals surface area (Å²) in [7, 11) is 1.67. The van der Waals surface area contributed by atoms with E-state index in [1.807, 2.05) is 18.2 Å². The topological polar surface area (TPSA) is 60.9 Å². The van der Waals surface area contributed by atoms with Gasteiger partial charge < -0.3 is 5.73 Å². The lowest BCUT2D eigenvalue weighted by Gasteiger charge is -2.15. The third-order valence-electron chi connectivity index (χ3n) is 3.78. The fourth-order valence-electron chi connectivity index (χ4n) is 2.30. The third-order valence-corrected chi connectivity index (χ3v) is 3.78. The Morgan fingerprint density at radius 3 is 2.38 bits per heavy atom. The highest BCUT2D eigenvalue weighted by Gasteiger charge is 2.16. The van der Waals surface area contributed by atoms with Crippen molar-refractivity contribution in [2.45, 2.75) is 39.2 Å². The Morgan fingerprint density at radius 1 is 1.24 bits per heavy atom. The molecule has 0 aliphatic carbocycles. The fraction of sp³-hybridized carbons (Fsp3) is 0.412. The first-order valence-corrected chi connectivity index (χ1v) is 7.36. The molecule has 0 spiro atoms. The number of nitrogens with zero attached hydrogens (tertiary/aromatic N) is 2. The van der Waals surface area contributed by atoms with E-state index in [9.17, 15) is 4.79 Å². The zero-order chi connectivity index (χ0) is 15.6. The van der Waals surface area contributed by atoms with Gasteiger partial charge in [0.2, 0.25) is 0 Å². The standard InChI is InChI=1S/C17H23N3O/c1-5-12-6-8-13(9-7-12)16(18)14-10-15(11(2)3)19-20(4)17(14)21/h6-11,16H,5,18H2,1-4H3. The summed E-state index contributed by atoms with van der Waals surface area (Å²) < 4.78 is 1.38. The van der Waals surface area contributed by atoms with E-state index >= 15 is 0 Å². The minimum absolute atomic E-state index is 0.133.